The van der Waals surface area contributed by atoms with Gasteiger partial charge in [-0.2, -0.15) is 22.3 Å². The van der Waals surface area contributed by atoms with Crippen molar-refractivity contribution in [3.05, 3.63) is 0 Å². The molecule has 0 aliphatic carbocycles. The molecule has 0 aromatic heterocycles. The molecule has 6 nitrogen and oxygen atoms in total. The number of nitrogens with zero attached hydrogens (tertiary/aromatic N) is 3. The fourth-order valence-electron chi connectivity index (χ4n) is 1.78. The normalized spacial score (nSPS) is 24.5. The first kappa shape index (κ1) is 14.4. The number of nitriles is 1. The average Bonchev–Trinajstić information content (AvgIpc) is 2.28. The van der Waals surface area contributed by atoms with Crippen LogP contribution in [0, 0.1) is 11.3 Å². The monoisotopic (exact) mass is 260 g/mol. The van der Waals surface area contributed by atoms with Crippen molar-refractivity contribution in [1.82, 2.24) is 13.9 Å². The van der Waals surface area contributed by atoms with Crippen molar-refractivity contribution in [3.63, 3.8) is 0 Å². The maximum Gasteiger partial charge on any atom is 0.282 e. The predicted octanol–water partition coefficient (Wildman–Crippen LogP) is -0.241. The summed E-state index contributed by atoms with van der Waals surface area (Å²) < 4.78 is 27.3. The lowest BCUT2D eigenvalue weighted by molar-refractivity contribution is 0.276. The summed E-state index contributed by atoms with van der Waals surface area (Å²) in [6.45, 7) is 5.33. The molecule has 1 heterocycles. The summed E-state index contributed by atoms with van der Waals surface area (Å²) >= 11 is 0. The molecule has 0 aromatic rings. The topological polar surface area (TPSA) is 76.4 Å². The van der Waals surface area contributed by atoms with Gasteiger partial charge in [-0.1, -0.05) is 0 Å². The predicted molar refractivity (Wildman–Crippen MR) is 65.4 cm³/mol. The Morgan fingerprint density at radius 1 is 1.65 bits per heavy atom. The highest BCUT2D eigenvalue weighted by atomic mass is 32.2. The molecule has 98 valence electrons. The Bertz CT molecular complexity index is 390. The van der Waals surface area contributed by atoms with Crippen molar-refractivity contribution in [2.75, 3.05) is 26.7 Å². The van der Waals surface area contributed by atoms with Crippen LogP contribution in [0.1, 0.15) is 20.3 Å². The fraction of sp³-hybridized carbons (Fsp3) is 0.900. The highest BCUT2D eigenvalue weighted by Gasteiger charge is 2.32. The van der Waals surface area contributed by atoms with E-state index in [1.54, 1.807) is 6.92 Å². The van der Waals surface area contributed by atoms with E-state index in [0.29, 0.717) is 19.6 Å². The minimum atomic E-state index is -3.44. The third-order valence-electron chi connectivity index (χ3n) is 3.03. The van der Waals surface area contributed by atoms with Crippen molar-refractivity contribution >= 4 is 10.2 Å². The average molecular weight is 260 g/mol. The summed E-state index contributed by atoms with van der Waals surface area (Å²) in [4.78, 5) is 0. The molecule has 0 saturated carbocycles. The van der Waals surface area contributed by atoms with Gasteiger partial charge in [-0.05, 0) is 13.8 Å². The molecule has 1 saturated heterocycles. The van der Waals surface area contributed by atoms with Crippen LogP contribution >= 0.6 is 0 Å². The van der Waals surface area contributed by atoms with Gasteiger partial charge in [0.1, 0.15) is 0 Å². The van der Waals surface area contributed by atoms with E-state index in [1.165, 1.54) is 15.7 Å². The van der Waals surface area contributed by atoms with E-state index in [4.69, 9.17) is 5.26 Å². The van der Waals surface area contributed by atoms with Crippen LogP contribution in [-0.4, -0.2) is 55.8 Å². The third-order valence-corrected chi connectivity index (χ3v) is 5.10. The van der Waals surface area contributed by atoms with Crippen LogP contribution in [0.5, 0.6) is 0 Å². The first-order chi connectivity index (χ1) is 7.89. The van der Waals surface area contributed by atoms with Crippen LogP contribution in [0.25, 0.3) is 0 Å². The number of hydrogen-bond acceptors (Lipinski definition) is 4. The molecule has 1 rings (SSSR count). The molecular weight excluding hydrogens is 240 g/mol. The Morgan fingerprint density at radius 3 is 2.82 bits per heavy atom. The molecule has 0 bridgehead atoms. The Hall–Kier alpha value is -0.680. The van der Waals surface area contributed by atoms with E-state index in [1.807, 2.05) is 13.0 Å². The van der Waals surface area contributed by atoms with E-state index in [-0.39, 0.29) is 18.5 Å². The second-order valence-corrected chi connectivity index (χ2v) is 6.44. The zero-order valence-corrected chi connectivity index (χ0v) is 11.4. The minimum Gasteiger partial charge on any atom is -0.312 e. The van der Waals surface area contributed by atoms with E-state index >= 15 is 0 Å². The Balaban J connectivity index is 2.76. The van der Waals surface area contributed by atoms with Gasteiger partial charge in [-0.25, -0.2) is 0 Å². The van der Waals surface area contributed by atoms with Gasteiger partial charge >= 0.3 is 0 Å². The van der Waals surface area contributed by atoms with Gasteiger partial charge in [0.25, 0.3) is 10.2 Å². The summed E-state index contributed by atoms with van der Waals surface area (Å²) in [5.41, 5.74) is 0. The second-order valence-electron chi connectivity index (χ2n) is 4.45. The van der Waals surface area contributed by atoms with Crippen LogP contribution in [-0.2, 0) is 10.2 Å². The van der Waals surface area contributed by atoms with Gasteiger partial charge in [-0.15, -0.1) is 0 Å². The number of rotatable bonds is 4. The van der Waals surface area contributed by atoms with Crippen molar-refractivity contribution < 1.29 is 8.42 Å². The molecule has 17 heavy (non-hydrogen) atoms. The quantitative estimate of drug-likeness (QED) is 0.757. The molecule has 0 aromatic carbocycles. The van der Waals surface area contributed by atoms with Crippen molar-refractivity contribution in [1.29, 1.82) is 5.26 Å². The molecule has 0 spiro atoms. The van der Waals surface area contributed by atoms with Crippen LogP contribution in [0.2, 0.25) is 0 Å². The van der Waals surface area contributed by atoms with E-state index in [2.05, 4.69) is 5.32 Å². The highest BCUT2D eigenvalue weighted by Crippen LogP contribution is 2.14. The molecular formula is C10H20N4O2S. The lowest BCUT2D eigenvalue weighted by Crippen LogP contribution is -2.55. The zero-order valence-electron chi connectivity index (χ0n) is 10.5. The van der Waals surface area contributed by atoms with Crippen molar-refractivity contribution in [2.45, 2.75) is 32.4 Å². The number of hydrogen-bond donors (Lipinski definition) is 1. The molecule has 1 N–H and O–H groups in total. The van der Waals surface area contributed by atoms with Gasteiger partial charge in [0.05, 0.1) is 12.5 Å². The summed E-state index contributed by atoms with van der Waals surface area (Å²) in [6.07, 6.45) is 0.206. The van der Waals surface area contributed by atoms with Gasteiger partial charge in [0, 0.05) is 38.8 Å². The summed E-state index contributed by atoms with van der Waals surface area (Å²) in [7, 11) is -1.91. The van der Waals surface area contributed by atoms with Crippen LogP contribution in [0.15, 0.2) is 0 Å². The highest BCUT2D eigenvalue weighted by molar-refractivity contribution is 7.86. The maximum absolute atomic E-state index is 12.3. The maximum atomic E-state index is 12.3. The first-order valence-electron chi connectivity index (χ1n) is 5.73. The SMILES string of the molecule is CC(CC#N)N(C)S(=O)(=O)N1CCN[C@H](C)C1. The lowest BCUT2D eigenvalue weighted by atomic mass is 10.3. The summed E-state index contributed by atoms with van der Waals surface area (Å²) in [5.74, 6) is 0. The number of piperazine rings is 1. The van der Waals surface area contributed by atoms with Gasteiger partial charge in [0.2, 0.25) is 0 Å². The third kappa shape index (κ3) is 3.39. The van der Waals surface area contributed by atoms with E-state index < -0.39 is 10.2 Å². The molecule has 0 radical (unpaired) electrons. The molecule has 1 aliphatic rings. The van der Waals surface area contributed by atoms with Crippen molar-refractivity contribution in [3.8, 4) is 6.07 Å². The van der Waals surface area contributed by atoms with Gasteiger partial charge < -0.3 is 5.32 Å². The smallest absolute Gasteiger partial charge is 0.282 e. The van der Waals surface area contributed by atoms with Gasteiger partial charge in [-0.3, -0.25) is 0 Å². The Morgan fingerprint density at radius 2 is 2.29 bits per heavy atom. The molecule has 7 heteroatoms. The standard InChI is InChI=1S/C10H20N4O2S/c1-9-8-14(7-6-12-9)17(15,16)13(3)10(2)4-5-11/h9-10,12H,4,6-8H2,1-3H3/t9-,10?/m1/s1. The molecule has 0 amide bonds. The van der Waals surface area contributed by atoms with E-state index in [9.17, 15) is 8.42 Å². The van der Waals surface area contributed by atoms with Gasteiger partial charge in [0.15, 0.2) is 0 Å². The minimum absolute atomic E-state index is 0.165. The molecule has 1 fully saturated rings. The number of nitrogens with one attached hydrogen (secondary N) is 1. The zero-order chi connectivity index (χ0) is 13.1. The summed E-state index contributed by atoms with van der Waals surface area (Å²) in [5, 5.41) is 11.8. The largest absolute Gasteiger partial charge is 0.312 e. The summed E-state index contributed by atoms with van der Waals surface area (Å²) in [6, 6.07) is 1.86. The van der Waals surface area contributed by atoms with E-state index in [0.717, 1.165) is 0 Å². The Kier molecular flexibility index (Phi) is 4.89. The first-order valence-corrected chi connectivity index (χ1v) is 7.12. The van der Waals surface area contributed by atoms with Crippen LogP contribution in [0.3, 0.4) is 0 Å². The lowest BCUT2D eigenvalue weighted by Gasteiger charge is -2.35. The second kappa shape index (κ2) is 5.78. The van der Waals surface area contributed by atoms with Crippen molar-refractivity contribution in [2.24, 2.45) is 0 Å². The molecule has 1 unspecified atom stereocenters. The van der Waals surface area contributed by atoms with Crippen LogP contribution < -0.4 is 5.32 Å². The molecule has 1 aliphatic heterocycles. The molecule has 2 atom stereocenters. The fourth-order valence-corrected chi connectivity index (χ4v) is 3.40. The van der Waals surface area contributed by atoms with Crippen LogP contribution in [0.4, 0.5) is 0 Å². The Labute approximate surface area is 103 Å².